The van der Waals surface area contributed by atoms with Crippen molar-refractivity contribution < 1.29 is 28.6 Å². The summed E-state index contributed by atoms with van der Waals surface area (Å²) in [7, 11) is -2.66. The minimum absolute atomic E-state index is 0.0486. The van der Waals surface area contributed by atoms with E-state index in [1.165, 1.54) is 16.9 Å². The summed E-state index contributed by atoms with van der Waals surface area (Å²) in [6.07, 6.45) is 1.75. The first kappa shape index (κ1) is 21.9. The molecule has 0 spiro atoms. The lowest BCUT2D eigenvalue weighted by Crippen LogP contribution is -2.53. The number of fused-ring (bicyclic) bond motifs is 1. The maximum atomic E-state index is 12.3. The highest BCUT2D eigenvalue weighted by Crippen LogP contribution is 2.30. The number of carboxylic acids is 1. The number of aromatic carboxylic acids is 1. The lowest BCUT2D eigenvalue weighted by molar-refractivity contribution is -0.122. The van der Waals surface area contributed by atoms with Gasteiger partial charge in [-0.2, -0.15) is 0 Å². The molecular formula is C16H21BN6O6S. The number of para-hydroxylation sites is 1. The number of carbonyl (C=O) groups excluding carboxylic acids is 1. The SMILES string of the molecule is NCCS(=O)NCc1cn(CC(=O)NC2Cc3cccc(C(=O)O)c3OB2O)nn1. The van der Waals surface area contributed by atoms with E-state index in [4.69, 9.17) is 10.4 Å². The van der Waals surface area contributed by atoms with Crippen LogP contribution in [0.2, 0.25) is 0 Å². The van der Waals surface area contributed by atoms with Crippen molar-refractivity contribution in [2.75, 3.05) is 12.3 Å². The van der Waals surface area contributed by atoms with Gasteiger partial charge in [-0.3, -0.25) is 4.79 Å². The van der Waals surface area contributed by atoms with Crippen molar-refractivity contribution in [1.82, 2.24) is 25.0 Å². The zero-order valence-corrected chi connectivity index (χ0v) is 16.7. The summed E-state index contributed by atoms with van der Waals surface area (Å²) in [6, 6.07) is 4.64. The zero-order valence-electron chi connectivity index (χ0n) is 15.9. The van der Waals surface area contributed by atoms with Crippen molar-refractivity contribution in [1.29, 1.82) is 0 Å². The highest BCUT2D eigenvalue weighted by molar-refractivity contribution is 7.83. The second-order valence-electron chi connectivity index (χ2n) is 6.55. The molecule has 0 saturated heterocycles. The number of carboxylic acid groups (broad SMARTS) is 1. The van der Waals surface area contributed by atoms with Gasteiger partial charge in [0.15, 0.2) is 0 Å². The van der Waals surface area contributed by atoms with E-state index in [1.54, 1.807) is 12.1 Å². The average molecular weight is 436 g/mol. The maximum Gasteiger partial charge on any atom is 0.547 e. The molecule has 14 heteroatoms. The summed E-state index contributed by atoms with van der Waals surface area (Å²) < 4.78 is 20.9. The highest BCUT2D eigenvalue weighted by atomic mass is 32.2. The Morgan fingerprint density at radius 2 is 2.23 bits per heavy atom. The van der Waals surface area contributed by atoms with Gasteiger partial charge in [0.1, 0.15) is 12.3 Å². The Bertz CT molecular complexity index is 956. The number of hydrogen-bond donors (Lipinski definition) is 5. The monoisotopic (exact) mass is 436 g/mol. The van der Waals surface area contributed by atoms with Gasteiger partial charge in [-0.15, -0.1) is 5.10 Å². The number of benzene rings is 1. The summed E-state index contributed by atoms with van der Waals surface area (Å²) >= 11 is 0. The van der Waals surface area contributed by atoms with Gasteiger partial charge in [0.25, 0.3) is 0 Å². The molecule has 2 unspecified atom stereocenters. The molecule has 0 aliphatic carbocycles. The summed E-state index contributed by atoms with van der Waals surface area (Å²) in [5.74, 6) is -1.93. The predicted octanol–water partition coefficient (Wildman–Crippen LogP) is -2.17. The third kappa shape index (κ3) is 5.41. The minimum atomic E-state index is -1.39. The molecule has 1 aliphatic rings. The molecule has 2 heterocycles. The Labute approximate surface area is 174 Å². The fourth-order valence-electron chi connectivity index (χ4n) is 2.95. The molecule has 2 aromatic rings. The number of amides is 1. The number of aromatic nitrogens is 3. The molecule has 12 nitrogen and oxygen atoms in total. The van der Waals surface area contributed by atoms with Gasteiger partial charge in [0, 0.05) is 6.54 Å². The minimum Gasteiger partial charge on any atom is -0.534 e. The van der Waals surface area contributed by atoms with Crippen LogP contribution in [0.4, 0.5) is 0 Å². The first-order valence-electron chi connectivity index (χ1n) is 9.07. The molecule has 0 saturated carbocycles. The molecule has 6 N–H and O–H groups in total. The Kier molecular flexibility index (Phi) is 7.15. The number of nitrogens with one attached hydrogen (secondary N) is 2. The molecule has 1 amide bonds. The Hall–Kier alpha value is -2.81. The van der Waals surface area contributed by atoms with Gasteiger partial charge in [-0.25, -0.2) is 18.4 Å². The molecule has 1 aliphatic heterocycles. The highest BCUT2D eigenvalue weighted by Gasteiger charge is 2.37. The van der Waals surface area contributed by atoms with Crippen LogP contribution in [-0.4, -0.2) is 66.6 Å². The van der Waals surface area contributed by atoms with Gasteiger partial charge in [0.05, 0.1) is 46.7 Å². The van der Waals surface area contributed by atoms with Crippen LogP contribution in [-0.2, 0) is 35.3 Å². The van der Waals surface area contributed by atoms with Crippen LogP contribution in [0.1, 0.15) is 21.6 Å². The molecular weight excluding hydrogens is 415 g/mol. The van der Waals surface area contributed by atoms with Gasteiger partial charge in [-0.1, -0.05) is 17.3 Å². The average Bonchev–Trinajstić information content (AvgIpc) is 3.14. The number of nitrogens with two attached hydrogens (primary N) is 1. The molecule has 2 atom stereocenters. The van der Waals surface area contributed by atoms with E-state index in [2.05, 4.69) is 20.4 Å². The van der Waals surface area contributed by atoms with Gasteiger partial charge in [-0.05, 0) is 18.1 Å². The summed E-state index contributed by atoms with van der Waals surface area (Å²) in [5, 5.41) is 29.8. The van der Waals surface area contributed by atoms with Crippen molar-refractivity contribution in [2.45, 2.75) is 25.5 Å². The summed E-state index contributed by atoms with van der Waals surface area (Å²) in [4.78, 5) is 23.6. The number of rotatable bonds is 9. The largest absolute Gasteiger partial charge is 0.547 e. The van der Waals surface area contributed by atoms with Crippen LogP contribution in [0.25, 0.3) is 0 Å². The van der Waals surface area contributed by atoms with Crippen LogP contribution < -0.4 is 20.4 Å². The van der Waals surface area contributed by atoms with Gasteiger partial charge < -0.3 is 25.8 Å². The second kappa shape index (κ2) is 9.80. The zero-order chi connectivity index (χ0) is 21.7. The number of hydrogen-bond acceptors (Lipinski definition) is 8. The van der Waals surface area contributed by atoms with Crippen molar-refractivity contribution in [3.05, 3.63) is 41.2 Å². The molecule has 0 bridgehead atoms. The molecule has 30 heavy (non-hydrogen) atoms. The van der Waals surface area contributed by atoms with E-state index in [0.717, 1.165) is 0 Å². The van der Waals surface area contributed by atoms with E-state index in [0.29, 0.717) is 23.6 Å². The van der Waals surface area contributed by atoms with E-state index in [9.17, 15) is 23.9 Å². The number of carbonyl (C=O) groups is 2. The van der Waals surface area contributed by atoms with E-state index in [1.807, 2.05) is 0 Å². The van der Waals surface area contributed by atoms with E-state index >= 15 is 0 Å². The molecule has 1 aromatic carbocycles. The van der Waals surface area contributed by atoms with Gasteiger partial charge in [0.2, 0.25) is 5.91 Å². The van der Waals surface area contributed by atoms with Crippen LogP contribution >= 0.6 is 0 Å². The van der Waals surface area contributed by atoms with Gasteiger partial charge >= 0.3 is 13.1 Å². The molecule has 0 fully saturated rings. The number of nitrogens with zero attached hydrogens (tertiary/aromatic N) is 3. The fourth-order valence-corrected chi connectivity index (χ4v) is 3.61. The van der Waals surface area contributed by atoms with Crippen LogP contribution in [0.5, 0.6) is 5.75 Å². The Morgan fingerprint density at radius 3 is 2.97 bits per heavy atom. The van der Waals surface area contributed by atoms with Crippen LogP contribution in [0.15, 0.2) is 24.4 Å². The van der Waals surface area contributed by atoms with E-state index in [-0.39, 0.29) is 30.8 Å². The smallest absolute Gasteiger partial charge is 0.534 e. The first-order chi connectivity index (χ1) is 14.4. The lowest BCUT2D eigenvalue weighted by Gasteiger charge is -2.28. The van der Waals surface area contributed by atoms with Crippen molar-refractivity contribution in [3.8, 4) is 5.75 Å². The van der Waals surface area contributed by atoms with Crippen molar-refractivity contribution in [3.63, 3.8) is 0 Å². The second-order valence-corrected chi connectivity index (χ2v) is 7.94. The Morgan fingerprint density at radius 1 is 1.43 bits per heavy atom. The topological polar surface area (TPSA) is 182 Å². The standard InChI is InChI=1S/C16H21BN6O6S/c18-4-5-30(28)19-7-11-8-23(22-21-11)9-14(24)20-13-6-10-2-1-3-12(16(25)26)15(10)29-17(13)27/h1-3,8,13,19,27H,4-7,9,18H2,(H,20,24)(H,25,26). The predicted molar refractivity (Wildman–Crippen MR) is 107 cm³/mol. The lowest BCUT2D eigenvalue weighted by atomic mass is 9.72. The normalized spacial score (nSPS) is 16.5. The third-order valence-corrected chi connectivity index (χ3v) is 5.38. The summed E-state index contributed by atoms with van der Waals surface area (Å²) in [5.41, 5.74) is 6.36. The summed E-state index contributed by atoms with van der Waals surface area (Å²) in [6.45, 7) is 0.363. The molecule has 1 aromatic heterocycles. The molecule has 160 valence electrons. The molecule has 0 radical (unpaired) electrons. The van der Waals surface area contributed by atoms with Crippen LogP contribution in [0, 0.1) is 0 Å². The first-order valence-corrected chi connectivity index (χ1v) is 10.4. The fraction of sp³-hybridized carbons (Fsp3) is 0.375. The quantitative estimate of drug-likeness (QED) is 0.273. The molecule has 3 rings (SSSR count). The maximum absolute atomic E-state index is 12.3. The third-order valence-electron chi connectivity index (χ3n) is 4.31. The Balaban J connectivity index is 1.56. The van der Waals surface area contributed by atoms with Crippen LogP contribution in [0.3, 0.4) is 0 Å². The van der Waals surface area contributed by atoms with Crippen molar-refractivity contribution >= 4 is 30.0 Å². The van der Waals surface area contributed by atoms with E-state index < -0.39 is 35.9 Å². The van der Waals surface area contributed by atoms with Crippen molar-refractivity contribution in [2.24, 2.45) is 5.73 Å².